The zero-order valence-corrected chi connectivity index (χ0v) is 20.2. The molecule has 0 bridgehead atoms. The first-order chi connectivity index (χ1) is 17.2. The van der Waals surface area contributed by atoms with E-state index in [0.29, 0.717) is 22.5 Å². The lowest BCUT2D eigenvalue weighted by Crippen LogP contribution is -2.45. The van der Waals surface area contributed by atoms with Gasteiger partial charge in [-0.1, -0.05) is 12.1 Å². The SMILES string of the molecule is CN1CCN(c2ccccc2C(=O)Nn2ncc3cc(S(=O)(=O)c4cc(F)cc(F)c4)ccc32)CC1. The number of hydrogen-bond acceptors (Lipinski definition) is 6. The van der Waals surface area contributed by atoms with Crippen LogP contribution in [0.5, 0.6) is 0 Å². The molecule has 1 amide bonds. The van der Waals surface area contributed by atoms with Crippen molar-refractivity contribution in [3.05, 3.63) is 84.1 Å². The molecule has 5 rings (SSSR count). The normalized spacial score (nSPS) is 14.8. The summed E-state index contributed by atoms with van der Waals surface area (Å²) < 4.78 is 53.0. The Hall–Kier alpha value is -3.83. The second-order valence-electron chi connectivity index (χ2n) is 8.63. The van der Waals surface area contributed by atoms with Gasteiger partial charge in [-0.05, 0) is 49.5 Å². The van der Waals surface area contributed by atoms with Gasteiger partial charge in [-0.15, -0.1) is 0 Å². The van der Waals surface area contributed by atoms with E-state index in [9.17, 15) is 22.0 Å². The van der Waals surface area contributed by atoms with Crippen molar-refractivity contribution in [3.8, 4) is 0 Å². The first kappa shape index (κ1) is 23.9. The number of halogens is 2. The van der Waals surface area contributed by atoms with Gasteiger partial charge >= 0.3 is 0 Å². The van der Waals surface area contributed by atoms with Crippen LogP contribution in [0.1, 0.15) is 10.4 Å². The summed E-state index contributed by atoms with van der Waals surface area (Å²) in [5.41, 5.74) is 4.55. The van der Waals surface area contributed by atoms with E-state index in [1.165, 1.54) is 29.2 Å². The Morgan fingerprint density at radius 2 is 1.61 bits per heavy atom. The van der Waals surface area contributed by atoms with Crippen LogP contribution in [0, 0.1) is 11.6 Å². The fourth-order valence-corrected chi connectivity index (χ4v) is 5.57. The highest BCUT2D eigenvalue weighted by atomic mass is 32.2. The smallest absolute Gasteiger partial charge is 0.273 e. The van der Waals surface area contributed by atoms with Gasteiger partial charge in [-0.3, -0.25) is 4.79 Å². The molecule has 1 aromatic heterocycles. The second-order valence-corrected chi connectivity index (χ2v) is 10.6. The monoisotopic (exact) mass is 511 g/mol. The van der Waals surface area contributed by atoms with Crippen LogP contribution in [0.4, 0.5) is 14.5 Å². The highest BCUT2D eigenvalue weighted by Gasteiger charge is 2.22. The van der Waals surface area contributed by atoms with Crippen molar-refractivity contribution < 1.29 is 22.0 Å². The van der Waals surface area contributed by atoms with Crippen LogP contribution in [0.2, 0.25) is 0 Å². The quantitative estimate of drug-likeness (QED) is 0.443. The molecule has 1 aliphatic rings. The number of para-hydroxylation sites is 1. The van der Waals surface area contributed by atoms with Gasteiger partial charge in [-0.25, -0.2) is 22.6 Å². The second kappa shape index (κ2) is 9.32. The summed E-state index contributed by atoms with van der Waals surface area (Å²) in [6.07, 6.45) is 1.41. The van der Waals surface area contributed by atoms with Crippen LogP contribution >= 0.6 is 0 Å². The summed E-state index contributed by atoms with van der Waals surface area (Å²) in [6.45, 7) is 3.40. The predicted octanol–water partition coefficient (Wildman–Crippen LogP) is 3.28. The molecule has 0 atom stereocenters. The van der Waals surface area contributed by atoms with E-state index in [1.54, 1.807) is 12.1 Å². The topological polar surface area (TPSA) is 87.5 Å². The van der Waals surface area contributed by atoms with Crippen molar-refractivity contribution in [1.82, 2.24) is 14.8 Å². The highest BCUT2D eigenvalue weighted by Crippen LogP contribution is 2.26. The average Bonchev–Trinajstić information content (AvgIpc) is 3.26. The summed E-state index contributed by atoms with van der Waals surface area (Å²) in [5.74, 6) is -2.33. The van der Waals surface area contributed by atoms with Crippen LogP contribution in [0.3, 0.4) is 0 Å². The third-order valence-electron chi connectivity index (χ3n) is 6.20. The first-order valence-electron chi connectivity index (χ1n) is 11.3. The van der Waals surface area contributed by atoms with Crippen molar-refractivity contribution in [3.63, 3.8) is 0 Å². The number of benzene rings is 3. The van der Waals surface area contributed by atoms with Crippen molar-refractivity contribution >= 4 is 32.3 Å². The van der Waals surface area contributed by atoms with Crippen molar-refractivity contribution in [2.24, 2.45) is 0 Å². The van der Waals surface area contributed by atoms with Crippen molar-refractivity contribution in [2.45, 2.75) is 9.79 Å². The Bertz CT molecular complexity index is 1540. The molecule has 0 aliphatic carbocycles. The van der Waals surface area contributed by atoms with Gasteiger partial charge in [0.25, 0.3) is 5.91 Å². The number of nitrogens with one attached hydrogen (secondary N) is 1. The van der Waals surface area contributed by atoms with Gasteiger partial charge in [0.05, 0.1) is 27.1 Å². The molecule has 1 fully saturated rings. The van der Waals surface area contributed by atoms with Gasteiger partial charge in [0, 0.05) is 43.3 Å². The molecule has 4 aromatic rings. The summed E-state index contributed by atoms with van der Waals surface area (Å²) in [4.78, 5) is 18.2. The van der Waals surface area contributed by atoms with Gasteiger partial charge in [0.1, 0.15) is 11.6 Å². The van der Waals surface area contributed by atoms with Crippen LogP contribution in [0.25, 0.3) is 10.9 Å². The molecular weight excluding hydrogens is 488 g/mol. The minimum Gasteiger partial charge on any atom is -0.368 e. The maximum Gasteiger partial charge on any atom is 0.273 e. The number of fused-ring (bicyclic) bond motifs is 1. The number of carbonyl (C=O) groups is 1. The molecule has 1 N–H and O–H groups in total. The molecule has 1 aliphatic heterocycles. The Kier molecular flexibility index (Phi) is 6.19. The number of anilines is 1. The van der Waals surface area contributed by atoms with Gasteiger partial charge < -0.3 is 9.80 Å². The van der Waals surface area contributed by atoms with Gasteiger partial charge in [-0.2, -0.15) is 9.89 Å². The number of carbonyl (C=O) groups excluding carboxylic acids is 1. The molecule has 36 heavy (non-hydrogen) atoms. The summed E-state index contributed by atoms with van der Waals surface area (Å²) in [5, 5.41) is 4.62. The van der Waals surface area contributed by atoms with E-state index in [2.05, 4.69) is 27.4 Å². The zero-order valence-electron chi connectivity index (χ0n) is 19.4. The van der Waals surface area contributed by atoms with E-state index in [4.69, 9.17) is 0 Å². The molecular formula is C25H23F2N5O3S. The lowest BCUT2D eigenvalue weighted by molar-refractivity contribution is 0.101. The molecule has 0 spiro atoms. The van der Waals surface area contributed by atoms with E-state index in [0.717, 1.165) is 44.0 Å². The maximum atomic E-state index is 13.6. The fraction of sp³-hybridized carbons (Fsp3) is 0.200. The van der Waals surface area contributed by atoms with E-state index >= 15 is 0 Å². The van der Waals surface area contributed by atoms with Gasteiger partial charge in [0.2, 0.25) is 9.84 Å². The Labute approximate surface area is 206 Å². The fourth-order valence-electron chi connectivity index (χ4n) is 4.23. The number of sulfone groups is 1. The van der Waals surface area contributed by atoms with Crippen molar-refractivity contribution in [1.29, 1.82) is 0 Å². The third-order valence-corrected chi connectivity index (χ3v) is 7.93. The molecule has 1 saturated heterocycles. The Balaban J connectivity index is 1.42. The lowest BCUT2D eigenvalue weighted by Gasteiger charge is -2.34. The first-order valence-corrected chi connectivity index (χ1v) is 12.7. The molecule has 3 aromatic carbocycles. The molecule has 11 heteroatoms. The number of aromatic nitrogens is 2. The molecule has 0 unspecified atom stereocenters. The van der Waals surface area contributed by atoms with Crippen LogP contribution in [-0.2, 0) is 9.84 Å². The maximum absolute atomic E-state index is 13.6. The number of hydrogen-bond donors (Lipinski definition) is 1. The number of piperazine rings is 1. The standard InChI is InChI=1S/C25H23F2N5O3S/c1-30-8-10-31(11-9-30)24-5-3-2-4-22(24)25(33)29-32-23-7-6-20(12-17(23)16-28-32)36(34,35)21-14-18(26)13-19(27)15-21/h2-7,12-16H,8-11H2,1H3,(H,29,33). The largest absolute Gasteiger partial charge is 0.368 e. The Morgan fingerprint density at radius 1 is 0.917 bits per heavy atom. The summed E-state index contributed by atoms with van der Waals surface area (Å²) in [7, 11) is -2.11. The average molecular weight is 512 g/mol. The Morgan fingerprint density at radius 3 is 2.33 bits per heavy atom. The minimum atomic E-state index is -4.17. The van der Waals surface area contributed by atoms with Crippen LogP contribution < -0.4 is 10.3 Å². The number of amides is 1. The molecule has 186 valence electrons. The zero-order chi connectivity index (χ0) is 25.4. The molecule has 0 radical (unpaired) electrons. The van der Waals surface area contributed by atoms with E-state index in [-0.39, 0.29) is 10.8 Å². The highest BCUT2D eigenvalue weighted by molar-refractivity contribution is 7.91. The molecule has 8 nitrogen and oxygen atoms in total. The minimum absolute atomic E-state index is 0.147. The van der Waals surface area contributed by atoms with Crippen molar-refractivity contribution in [2.75, 3.05) is 43.6 Å². The third kappa shape index (κ3) is 4.54. The lowest BCUT2D eigenvalue weighted by atomic mass is 10.1. The van der Waals surface area contributed by atoms with Gasteiger partial charge in [0.15, 0.2) is 0 Å². The van der Waals surface area contributed by atoms with Crippen LogP contribution in [-0.4, -0.2) is 62.3 Å². The van der Waals surface area contributed by atoms with E-state index < -0.39 is 26.4 Å². The summed E-state index contributed by atoms with van der Waals surface area (Å²) >= 11 is 0. The predicted molar refractivity (Wildman–Crippen MR) is 131 cm³/mol. The van der Waals surface area contributed by atoms with E-state index in [1.807, 2.05) is 12.1 Å². The molecule has 2 heterocycles. The molecule has 0 saturated carbocycles. The summed E-state index contributed by atoms with van der Waals surface area (Å²) in [6, 6.07) is 13.6. The number of rotatable bonds is 5. The number of likely N-dealkylation sites (N-methyl/N-ethyl adjacent to an activating group) is 1. The van der Waals surface area contributed by atoms with Crippen LogP contribution in [0.15, 0.2) is 76.7 Å². The number of nitrogens with zero attached hydrogens (tertiary/aromatic N) is 4.